The fourth-order valence-electron chi connectivity index (χ4n) is 4.60. The van der Waals surface area contributed by atoms with Crippen molar-refractivity contribution in [2.24, 2.45) is 16.8 Å². The minimum Gasteiger partial charge on any atom is -0.340 e. The number of amides is 1. The van der Waals surface area contributed by atoms with E-state index in [1.165, 1.54) is 10.4 Å². The van der Waals surface area contributed by atoms with Crippen LogP contribution in [0.15, 0.2) is 23.6 Å². The highest BCUT2D eigenvalue weighted by Gasteiger charge is 2.37. The van der Waals surface area contributed by atoms with E-state index in [0.717, 1.165) is 52.2 Å². The summed E-state index contributed by atoms with van der Waals surface area (Å²) in [6, 6.07) is 4.23. The number of aliphatic imine (C=N–C) groups is 1. The Morgan fingerprint density at radius 3 is 3.06 bits per heavy atom. The standard InChI is InChI=1S/C22H19N7OS/c23-5-12-9-29(10-12)22(30)13-1-2-16-17(3-13)31-21-19(16)20(26-11-27-21)28-18-4-14-6-24-7-15(14)8-25-18/h4,6,8,11-13H,1-3,7,9-10H2,(H,25,26,27,28)/t13-/m0/s1. The van der Waals surface area contributed by atoms with Crippen LogP contribution in [0, 0.1) is 23.2 Å². The zero-order valence-electron chi connectivity index (χ0n) is 16.7. The molecule has 0 spiro atoms. The van der Waals surface area contributed by atoms with Crippen molar-refractivity contribution in [3.8, 4) is 6.07 Å². The normalized spacial score (nSPS) is 19.6. The Bertz CT molecular complexity index is 1280. The molecule has 2 aliphatic heterocycles. The number of rotatable bonds is 3. The van der Waals surface area contributed by atoms with E-state index in [1.807, 2.05) is 23.4 Å². The molecule has 0 aromatic carbocycles. The van der Waals surface area contributed by atoms with Gasteiger partial charge in [-0.3, -0.25) is 9.79 Å². The first-order chi connectivity index (χ1) is 15.2. The van der Waals surface area contributed by atoms with Crippen molar-refractivity contribution in [1.82, 2.24) is 19.9 Å². The lowest BCUT2D eigenvalue weighted by Gasteiger charge is -2.38. The first-order valence-corrected chi connectivity index (χ1v) is 11.2. The van der Waals surface area contributed by atoms with Crippen LogP contribution in [0.25, 0.3) is 10.2 Å². The molecule has 3 aromatic heterocycles. The maximum atomic E-state index is 12.8. The number of anilines is 2. The van der Waals surface area contributed by atoms with E-state index in [9.17, 15) is 4.79 Å². The first kappa shape index (κ1) is 18.4. The number of fused-ring (bicyclic) bond motifs is 4. The van der Waals surface area contributed by atoms with Gasteiger partial charge in [-0.25, -0.2) is 15.0 Å². The molecule has 1 N–H and O–H groups in total. The molecule has 154 valence electrons. The number of aryl methyl sites for hydroxylation is 1. The number of thiophene rings is 1. The summed E-state index contributed by atoms with van der Waals surface area (Å²) in [5, 5.41) is 13.4. The molecule has 1 atom stereocenters. The molecule has 8 nitrogen and oxygen atoms in total. The van der Waals surface area contributed by atoms with Crippen LogP contribution in [0.5, 0.6) is 0 Å². The fraction of sp³-hybridized carbons (Fsp3) is 0.364. The zero-order valence-corrected chi connectivity index (χ0v) is 17.5. The molecule has 1 amide bonds. The van der Waals surface area contributed by atoms with Gasteiger partial charge in [0, 0.05) is 47.4 Å². The molecule has 0 radical (unpaired) electrons. The molecule has 0 bridgehead atoms. The highest BCUT2D eigenvalue weighted by Crippen LogP contribution is 2.41. The van der Waals surface area contributed by atoms with Crippen LogP contribution < -0.4 is 5.32 Å². The van der Waals surface area contributed by atoms with Crippen LogP contribution in [0.4, 0.5) is 11.6 Å². The summed E-state index contributed by atoms with van der Waals surface area (Å²) in [6.45, 7) is 1.83. The van der Waals surface area contributed by atoms with E-state index in [2.05, 4.69) is 31.3 Å². The summed E-state index contributed by atoms with van der Waals surface area (Å²) in [5.41, 5.74) is 3.46. The minimum absolute atomic E-state index is 0.00423. The van der Waals surface area contributed by atoms with Crippen LogP contribution in [0.2, 0.25) is 0 Å². The van der Waals surface area contributed by atoms with Gasteiger partial charge in [-0.2, -0.15) is 5.26 Å². The highest BCUT2D eigenvalue weighted by molar-refractivity contribution is 7.19. The van der Waals surface area contributed by atoms with E-state index in [4.69, 9.17) is 5.26 Å². The van der Waals surface area contributed by atoms with Gasteiger partial charge in [0.2, 0.25) is 5.91 Å². The molecule has 3 aromatic rings. The number of carbonyl (C=O) groups is 1. The Labute approximate surface area is 182 Å². The Balaban J connectivity index is 1.27. The van der Waals surface area contributed by atoms with E-state index in [1.54, 1.807) is 17.7 Å². The second-order valence-corrected chi connectivity index (χ2v) is 9.36. The maximum absolute atomic E-state index is 12.8. The molecule has 9 heteroatoms. The lowest BCUT2D eigenvalue weighted by molar-refractivity contribution is -0.141. The van der Waals surface area contributed by atoms with Gasteiger partial charge in [-0.15, -0.1) is 11.3 Å². The van der Waals surface area contributed by atoms with Crippen molar-refractivity contribution in [2.75, 3.05) is 18.4 Å². The van der Waals surface area contributed by atoms with Gasteiger partial charge in [0.1, 0.15) is 22.8 Å². The minimum atomic E-state index is -0.0118. The second kappa shape index (κ2) is 7.10. The van der Waals surface area contributed by atoms with Crippen LogP contribution in [0.1, 0.15) is 28.0 Å². The van der Waals surface area contributed by atoms with Gasteiger partial charge < -0.3 is 10.2 Å². The number of nitrogens with one attached hydrogen (secondary N) is 1. The molecule has 31 heavy (non-hydrogen) atoms. The van der Waals surface area contributed by atoms with E-state index >= 15 is 0 Å². The van der Waals surface area contributed by atoms with Crippen LogP contribution in [-0.4, -0.2) is 45.1 Å². The van der Waals surface area contributed by atoms with Crippen molar-refractivity contribution >= 4 is 45.3 Å². The average molecular weight is 430 g/mol. The third-order valence-corrected chi connectivity index (χ3v) is 7.49. The third kappa shape index (κ3) is 3.06. The van der Waals surface area contributed by atoms with Crippen molar-refractivity contribution in [3.63, 3.8) is 0 Å². The summed E-state index contributed by atoms with van der Waals surface area (Å²) in [7, 11) is 0. The highest BCUT2D eigenvalue weighted by atomic mass is 32.1. The lowest BCUT2D eigenvalue weighted by atomic mass is 9.85. The van der Waals surface area contributed by atoms with Crippen molar-refractivity contribution in [1.29, 1.82) is 5.26 Å². The lowest BCUT2D eigenvalue weighted by Crippen LogP contribution is -2.52. The number of hydrogen-bond donors (Lipinski definition) is 1. The topological polar surface area (TPSA) is 107 Å². The molecule has 1 fully saturated rings. The second-order valence-electron chi connectivity index (χ2n) is 8.28. The van der Waals surface area contributed by atoms with Crippen LogP contribution >= 0.6 is 11.3 Å². The van der Waals surface area contributed by atoms with Crippen LogP contribution in [0.3, 0.4) is 0 Å². The van der Waals surface area contributed by atoms with Gasteiger partial charge in [0.05, 0.1) is 23.9 Å². The van der Waals surface area contributed by atoms with Gasteiger partial charge in [0.15, 0.2) is 0 Å². The van der Waals surface area contributed by atoms with E-state index in [-0.39, 0.29) is 17.7 Å². The smallest absolute Gasteiger partial charge is 0.226 e. The predicted octanol–water partition coefficient (Wildman–Crippen LogP) is 2.85. The molecule has 6 rings (SSSR count). The SMILES string of the molecule is N#CC1CN(C(=O)[C@H]2CCc3c(sc4ncnc(Nc5cc6c(cn5)CN=C6)c34)C2)C1. The molecule has 5 heterocycles. The Morgan fingerprint density at radius 2 is 2.19 bits per heavy atom. The van der Waals surface area contributed by atoms with Gasteiger partial charge in [-0.1, -0.05) is 0 Å². The molecular weight excluding hydrogens is 410 g/mol. The number of likely N-dealkylation sites (tertiary alicyclic amines) is 1. The monoisotopic (exact) mass is 429 g/mol. The number of nitrogens with zero attached hydrogens (tertiary/aromatic N) is 6. The molecule has 0 saturated carbocycles. The quantitative estimate of drug-likeness (QED) is 0.686. The summed E-state index contributed by atoms with van der Waals surface area (Å²) in [4.78, 5) is 34.6. The number of aromatic nitrogens is 3. The molecule has 3 aliphatic rings. The summed E-state index contributed by atoms with van der Waals surface area (Å²) in [6.07, 6.45) is 7.68. The molecular formula is C22H19N7OS. The molecule has 0 unspecified atom stereocenters. The Hall–Kier alpha value is -3.38. The third-order valence-electron chi connectivity index (χ3n) is 6.33. The maximum Gasteiger partial charge on any atom is 0.226 e. The van der Waals surface area contributed by atoms with Crippen LogP contribution in [-0.2, 0) is 24.2 Å². The molecule has 1 aliphatic carbocycles. The van der Waals surface area contributed by atoms with Gasteiger partial charge >= 0.3 is 0 Å². The van der Waals surface area contributed by atoms with Crippen molar-refractivity contribution in [2.45, 2.75) is 25.8 Å². The predicted molar refractivity (Wildman–Crippen MR) is 117 cm³/mol. The first-order valence-electron chi connectivity index (χ1n) is 10.4. The number of pyridine rings is 1. The van der Waals surface area contributed by atoms with Gasteiger partial charge in [0.25, 0.3) is 0 Å². The Kier molecular flexibility index (Phi) is 4.21. The van der Waals surface area contributed by atoms with Crippen molar-refractivity contribution in [3.05, 3.63) is 40.2 Å². The Morgan fingerprint density at radius 1 is 1.29 bits per heavy atom. The zero-order chi connectivity index (χ0) is 20.9. The largest absolute Gasteiger partial charge is 0.340 e. The molecule has 1 saturated heterocycles. The van der Waals surface area contributed by atoms with E-state index in [0.29, 0.717) is 19.6 Å². The fourth-order valence-corrected chi connectivity index (χ4v) is 5.86. The number of carbonyl (C=O) groups excluding carboxylic acids is 1. The summed E-state index contributed by atoms with van der Waals surface area (Å²) >= 11 is 1.65. The number of hydrogen-bond acceptors (Lipinski definition) is 8. The summed E-state index contributed by atoms with van der Waals surface area (Å²) < 4.78 is 0. The summed E-state index contributed by atoms with van der Waals surface area (Å²) in [5.74, 6) is 1.66. The number of nitriles is 1. The van der Waals surface area contributed by atoms with E-state index < -0.39 is 0 Å². The van der Waals surface area contributed by atoms with Gasteiger partial charge in [-0.05, 0) is 30.9 Å². The average Bonchev–Trinajstić information content (AvgIpc) is 3.36. The van der Waals surface area contributed by atoms with Crippen molar-refractivity contribution < 1.29 is 4.79 Å².